The van der Waals surface area contributed by atoms with E-state index in [0.717, 1.165) is 6.54 Å². The maximum Gasteiger partial charge on any atom is 0.304 e. The van der Waals surface area contributed by atoms with Crippen molar-refractivity contribution < 1.29 is 9.90 Å². The lowest BCUT2D eigenvalue weighted by Gasteiger charge is -2.22. The monoisotopic (exact) mass is 188 g/mol. The van der Waals surface area contributed by atoms with Crippen LogP contribution in [0.4, 0.5) is 0 Å². The van der Waals surface area contributed by atoms with Crippen molar-refractivity contribution in [2.24, 2.45) is 0 Å². The van der Waals surface area contributed by atoms with E-state index in [1.54, 1.807) is 0 Å². The number of likely N-dealkylation sites (N-methyl/N-ethyl adjacent to an activating group) is 1. The van der Waals surface area contributed by atoms with Crippen molar-refractivity contribution in [3.05, 3.63) is 0 Å². The van der Waals surface area contributed by atoms with Gasteiger partial charge in [0.1, 0.15) is 0 Å². The first-order valence-electron chi connectivity index (χ1n) is 4.55. The summed E-state index contributed by atoms with van der Waals surface area (Å²) in [6.07, 6.45) is 0.181. The van der Waals surface area contributed by atoms with E-state index in [1.807, 2.05) is 21.0 Å². The Morgan fingerprint density at radius 2 is 2.00 bits per heavy atom. The Bertz CT molecular complexity index is 160. The number of carboxylic acids is 1. The number of carboxylic acid groups (broad SMARTS) is 1. The second-order valence-electron chi connectivity index (χ2n) is 3.72. The van der Waals surface area contributed by atoms with E-state index in [9.17, 15) is 4.79 Å². The lowest BCUT2D eigenvalue weighted by molar-refractivity contribution is -0.137. The molecule has 0 aliphatic heterocycles. The Labute approximate surface area is 79.9 Å². The number of hydrogen-bond donors (Lipinski definition) is 2. The molecule has 4 nitrogen and oxygen atoms in total. The molecule has 0 aliphatic carbocycles. The summed E-state index contributed by atoms with van der Waals surface area (Å²) in [5.41, 5.74) is 0. The summed E-state index contributed by atoms with van der Waals surface area (Å²) < 4.78 is 0. The largest absolute Gasteiger partial charge is 0.481 e. The molecule has 13 heavy (non-hydrogen) atoms. The minimum Gasteiger partial charge on any atom is -0.481 e. The van der Waals surface area contributed by atoms with Crippen LogP contribution in [0.1, 0.15) is 20.3 Å². The number of nitrogens with one attached hydrogen (secondary N) is 1. The second kappa shape index (κ2) is 5.94. The third-order valence-electron chi connectivity index (χ3n) is 2.12. The van der Waals surface area contributed by atoms with Gasteiger partial charge in [-0.05, 0) is 27.9 Å². The molecule has 0 rings (SSSR count). The Kier molecular flexibility index (Phi) is 5.66. The molecule has 78 valence electrons. The normalized spacial score (nSPS) is 15.8. The summed E-state index contributed by atoms with van der Waals surface area (Å²) in [6.45, 7) is 4.80. The van der Waals surface area contributed by atoms with E-state index in [-0.39, 0.29) is 12.5 Å². The zero-order valence-electron chi connectivity index (χ0n) is 8.87. The van der Waals surface area contributed by atoms with Crippen LogP contribution in [-0.4, -0.2) is 48.7 Å². The molecule has 0 saturated heterocycles. The maximum absolute atomic E-state index is 10.3. The zero-order chi connectivity index (χ0) is 10.4. The topological polar surface area (TPSA) is 52.6 Å². The van der Waals surface area contributed by atoms with Crippen LogP contribution in [-0.2, 0) is 4.79 Å². The van der Waals surface area contributed by atoms with Crippen molar-refractivity contribution in [2.75, 3.05) is 20.6 Å². The molecule has 0 saturated carbocycles. The van der Waals surface area contributed by atoms with Crippen LogP contribution in [0.3, 0.4) is 0 Å². The van der Waals surface area contributed by atoms with Crippen LogP contribution in [0.2, 0.25) is 0 Å². The molecule has 0 radical (unpaired) electrons. The van der Waals surface area contributed by atoms with Crippen LogP contribution in [0.15, 0.2) is 0 Å². The Balaban J connectivity index is 3.57. The highest BCUT2D eigenvalue weighted by molar-refractivity contribution is 5.67. The van der Waals surface area contributed by atoms with Gasteiger partial charge < -0.3 is 15.3 Å². The SMILES string of the molecule is CC(CC(=O)O)NCC(C)N(C)C. The van der Waals surface area contributed by atoms with Gasteiger partial charge in [-0.25, -0.2) is 0 Å². The molecule has 0 aromatic heterocycles. The Hall–Kier alpha value is -0.610. The standard InChI is InChI=1S/C9H20N2O2/c1-7(5-9(12)13)10-6-8(2)11(3)4/h7-8,10H,5-6H2,1-4H3,(H,12,13). The summed E-state index contributed by atoms with van der Waals surface area (Å²) >= 11 is 0. The number of rotatable bonds is 6. The van der Waals surface area contributed by atoms with Crippen LogP contribution >= 0.6 is 0 Å². The average molecular weight is 188 g/mol. The second-order valence-corrected chi connectivity index (χ2v) is 3.72. The fourth-order valence-corrected chi connectivity index (χ4v) is 0.888. The molecule has 0 fully saturated rings. The van der Waals surface area contributed by atoms with Crippen LogP contribution in [0.5, 0.6) is 0 Å². The van der Waals surface area contributed by atoms with Crippen LogP contribution < -0.4 is 5.32 Å². The molecule has 0 aliphatic rings. The van der Waals surface area contributed by atoms with E-state index in [0.29, 0.717) is 6.04 Å². The van der Waals surface area contributed by atoms with Gasteiger partial charge in [0.25, 0.3) is 0 Å². The van der Waals surface area contributed by atoms with Gasteiger partial charge in [0.05, 0.1) is 6.42 Å². The van der Waals surface area contributed by atoms with Crippen molar-refractivity contribution >= 4 is 5.97 Å². The molecule has 2 atom stereocenters. The minimum absolute atomic E-state index is 0.0416. The van der Waals surface area contributed by atoms with Gasteiger partial charge in [0, 0.05) is 18.6 Å². The molecular formula is C9H20N2O2. The highest BCUT2D eigenvalue weighted by atomic mass is 16.4. The molecular weight excluding hydrogens is 168 g/mol. The average Bonchev–Trinajstić information content (AvgIpc) is 1.98. The van der Waals surface area contributed by atoms with Crippen LogP contribution in [0, 0.1) is 0 Å². The number of nitrogens with zero attached hydrogens (tertiary/aromatic N) is 1. The summed E-state index contributed by atoms with van der Waals surface area (Å²) in [5.74, 6) is -0.752. The number of aliphatic carboxylic acids is 1. The van der Waals surface area contributed by atoms with E-state index in [1.165, 1.54) is 0 Å². The number of carbonyl (C=O) groups is 1. The minimum atomic E-state index is -0.752. The maximum atomic E-state index is 10.3. The first-order valence-corrected chi connectivity index (χ1v) is 4.55. The lowest BCUT2D eigenvalue weighted by Crippen LogP contribution is -2.39. The predicted molar refractivity (Wildman–Crippen MR) is 52.9 cm³/mol. The molecule has 0 bridgehead atoms. The van der Waals surface area contributed by atoms with Crippen molar-refractivity contribution in [3.8, 4) is 0 Å². The Morgan fingerprint density at radius 1 is 1.46 bits per heavy atom. The molecule has 2 unspecified atom stereocenters. The van der Waals surface area contributed by atoms with Crippen molar-refractivity contribution in [3.63, 3.8) is 0 Å². The van der Waals surface area contributed by atoms with Gasteiger partial charge >= 0.3 is 5.97 Å². The molecule has 0 aromatic rings. The van der Waals surface area contributed by atoms with E-state index in [2.05, 4.69) is 17.1 Å². The Morgan fingerprint density at radius 3 is 2.38 bits per heavy atom. The molecule has 2 N–H and O–H groups in total. The first-order chi connectivity index (χ1) is 5.93. The van der Waals surface area contributed by atoms with Gasteiger partial charge in [0.15, 0.2) is 0 Å². The summed E-state index contributed by atoms with van der Waals surface area (Å²) in [4.78, 5) is 12.4. The zero-order valence-corrected chi connectivity index (χ0v) is 8.87. The first kappa shape index (κ1) is 12.4. The van der Waals surface area contributed by atoms with Crippen molar-refractivity contribution in [1.82, 2.24) is 10.2 Å². The molecule has 0 aromatic carbocycles. The fourth-order valence-electron chi connectivity index (χ4n) is 0.888. The molecule has 4 heteroatoms. The van der Waals surface area contributed by atoms with E-state index >= 15 is 0 Å². The van der Waals surface area contributed by atoms with Gasteiger partial charge in [-0.2, -0.15) is 0 Å². The van der Waals surface area contributed by atoms with E-state index in [4.69, 9.17) is 5.11 Å². The lowest BCUT2D eigenvalue weighted by atomic mass is 10.2. The smallest absolute Gasteiger partial charge is 0.304 e. The van der Waals surface area contributed by atoms with Crippen LogP contribution in [0.25, 0.3) is 0 Å². The van der Waals surface area contributed by atoms with Gasteiger partial charge in [0.2, 0.25) is 0 Å². The van der Waals surface area contributed by atoms with Gasteiger partial charge in [-0.15, -0.1) is 0 Å². The number of hydrogen-bond acceptors (Lipinski definition) is 3. The van der Waals surface area contributed by atoms with Gasteiger partial charge in [-0.1, -0.05) is 0 Å². The van der Waals surface area contributed by atoms with E-state index < -0.39 is 5.97 Å². The summed E-state index contributed by atoms with van der Waals surface area (Å²) in [5, 5.41) is 11.7. The third-order valence-corrected chi connectivity index (χ3v) is 2.12. The summed E-state index contributed by atoms with van der Waals surface area (Å²) in [6, 6.07) is 0.469. The quantitative estimate of drug-likeness (QED) is 0.633. The molecule has 0 spiro atoms. The third kappa shape index (κ3) is 6.54. The molecule has 0 heterocycles. The molecule has 0 amide bonds. The van der Waals surface area contributed by atoms with Gasteiger partial charge in [-0.3, -0.25) is 4.79 Å². The highest BCUT2D eigenvalue weighted by Gasteiger charge is 2.09. The predicted octanol–water partition coefficient (Wildman–Crippen LogP) is 0.389. The van der Waals surface area contributed by atoms with Crippen molar-refractivity contribution in [2.45, 2.75) is 32.4 Å². The van der Waals surface area contributed by atoms with Crippen molar-refractivity contribution in [1.29, 1.82) is 0 Å². The fraction of sp³-hybridized carbons (Fsp3) is 0.889. The summed E-state index contributed by atoms with van der Waals surface area (Å²) in [7, 11) is 4.02. The highest BCUT2D eigenvalue weighted by Crippen LogP contribution is 1.93.